The molecule has 0 atom stereocenters. The number of allylic oxidation sites excluding steroid dienone is 1. The standard InChI is InChI=1S/C31H35N7O/c1-3-28(38-13-7-4-8-14-38)25-17-27(35-30(25)32-2)29-24-16-21(11-12-26(24)36-37-29)22-15-23(19-33-18-22)34-31(39)20-9-5-6-10-20/h3,11-12,15-20,35H,2,4-10,13-14H2,1H3,(H,34,39)(H,36,37)/b28-3+. The molecule has 2 fully saturated rings. The van der Waals surface area contributed by atoms with Crippen LogP contribution in [0.5, 0.6) is 0 Å². The quantitative estimate of drug-likeness (QED) is 0.230. The molecule has 1 amide bonds. The van der Waals surface area contributed by atoms with Crippen molar-refractivity contribution in [3.8, 4) is 22.5 Å². The average Bonchev–Trinajstić information content (AvgIpc) is 3.74. The number of hydrogen-bond acceptors (Lipinski definition) is 5. The van der Waals surface area contributed by atoms with Crippen LogP contribution in [0.4, 0.5) is 11.5 Å². The van der Waals surface area contributed by atoms with Gasteiger partial charge in [0.05, 0.1) is 23.1 Å². The van der Waals surface area contributed by atoms with E-state index < -0.39 is 0 Å². The highest BCUT2D eigenvalue weighted by Gasteiger charge is 2.23. The van der Waals surface area contributed by atoms with E-state index in [1.54, 1.807) is 6.20 Å². The molecule has 200 valence electrons. The second-order valence-electron chi connectivity index (χ2n) is 10.6. The number of fused-ring (bicyclic) bond motifs is 1. The molecule has 1 saturated carbocycles. The Bertz CT molecular complexity index is 1530. The summed E-state index contributed by atoms with van der Waals surface area (Å²) in [7, 11) is 0. The summed E-state index contributed by atoms with van der Waals surface area (Å²) in [5.74, 6) is 0.959. The van der Waals surface area contributed by atoms with Crippen LogP contribution in [-0.4, -0.2) is 50.8 Å². The zero-order valence-electron chi connectivity index (χ0n) is 22.5. The molecule has 0 bridgehead atoms. The fourth-order valence-electron chi connectivity index (χ4n) is 6.03. The number of aromatic amines is 2. The predicted molar refractivity (Wildman–Crippen MR) is 158 cm³/mol. The van der Waals surface area contributed by atoms with E-state index in [2.05, 4.69) is 73.3 Å². The van der Waals surface area contributed by atoms with Crippen molar-refractivity contribution < 1.29 is 4.79 Å². The van der Waals surface area contributed by atoms with Crippen molar-refractivity contribution >= 4 is 40.7 Å². The van der Waals surface area contributed by atoms with Crippen LogP contribution in [0.15, 0.2) is 53.8 Å². The van der Waals surface area contributed by atoms with Gasteiger partial charge in [-0.1, -0.05) is 25.0 Å². The number of piperidine rings is 1. The van der Waals surface area contributed by atoms with Crippen molar-refractivity contribution in [2.45, 2.75) is 51.9 Å². The maximum Gasteiger partial charge on any atom is 0.227 e. The Morgan fingerprint density at radius 3 is 2.67 bits per heavy atom. The minimum atomic E-state index is 0.0956. The summed E-state index contributed by atoms with van der Waals surface area (Å²) in [6, 6.07) is 10.3. The van der Waals surface area contributed by atoms with Crippen LogP contribution >= 0.6 is 0 Å². The van der Waals surface area contributed by atoms with Crippen molar-refractivity contribution in [1.29, 1.82) is 0 Å². The number of rotatable bonds is 7. The smallest absolute Gasteiger partial charge is 0.227 e. The van der Waals surface area contributed by atoms with Crippen LogP contribution in [0.25, 0.3) is 39.1 Å². The van der Waals surface area contributed by atoms with Crippen LogP contribution in [0.2, 0.25) is 0 Å². The Labute approximate surface area is 228 Å². The first-order valence-corrected chi connectivity index (χ1v) is 14.0. The Balaban J connectivity index is 1.32. The van der Waals surface area contributed by atoms with Gasteiger partial charge in [0.15, 0.2) is 0 Å². The highest BCUT2D eigenvalue weighted by Crippen LogP contribution is 2.37. The zero-order chi connectivity index (χ0) is 26.8. The number of amides is 1. The second-order valence-corrected chi connectivity index (χ2v) is 10.6. The number of pyridine rings is 1. The van der Waals surface area contributed by atoms with E-state index in [-0.39, 0.29) is 11.8 Å². The SMILES string of the molecule is C=Nc1[nH]c(-c2n[nH]c3ccc(-c4cncc(NC(=O)C5CCCC5)c4)cc23)cc1/C(=C\C)N1CCCCC1. The van der Waals surface area contributed by atoms with Gasteiger partial charge in [0.1, 0.15) is 11.5 Å². The maximum atomic E-state index is 12.7. The summed E-state index contributed by atoms with van der Waals surface area (Å²) >= 11 is 0. The predicted octanol–water partition coefficient (Wildman–Crippen LogP) is 6.93. The molecule has 1 aliphatic heterocycles. The lowest BCUT2D eigenvalue weighted by Crippen LogP contribution is -2.28. The fraction of sp³-hybridized carbons (Fsp3) is 0.355. The molecule has 1 aromatic carbocycles. The van der Waals surface area contributed by atoms with Gasteiger partial charge in [-0.2, -0.15) is 5.10 Å². The van der Waals surface area contributed by atoms with Crippen molar-refractivity contribution in [3.63, 3.8) is 0 Å². The number of anilines is 1. The number of nitrogens with one attached hydrogen (secondary N) is 3. The molecule has 3 aromatic heterocycles. The van der Waals surface area contributed by atoms with E-state index in [0.717, 1.165) is 89.3 Å². The van der Waals surface area contributed by atoms with Gasteiger partial charge in [-0.05, 0) is 75.6 Å². The van der Waals surface area contributed by atoms with Gasteiger partial charge < -0.3 is 15.2 Å². The number of carbonyl (C=O) groups is 1. The molecule has 1 saturated heterocycles. The number of H-pyrrole nitrogens is 2. The number of nitrogens with zero attached hydrogens (tertiary/aromatic N) is 4. The topological polar surface area (TPSA) is 102 Å². The van der Waals surface area contributed by atoms with Crippen molar-refractivity contribution in [1.82, 2.24) is 25.1 Å². The number of carbonyl (C=O) groups excluding carboxylic acids is 1. The van der Waals surface area contributed by atoms with Crippen LogP contribution in [0, 0.1) is 5.92 Å². The summed E-state index contributed by atoms with van der Waals surface area (Å²) in [5.41, 5.74) is 7.57. The summed E-state index contributed by atoms with van der Waals surface area (Å²) in [4.78, 5) is 27.3. The number of aliphatic imine (C=N–C) groups is 1. The van der Waals surface area contributed by atoms with Gasteiger partial charge in [0.25, 0.3) is 0 Å². The minimum absolute atomic E-state index is 0.0956. The minimum Gasteiger partial charge on any atom is -0.371 e. The Morgan fingerprint density at radius 2 is 1.90 bits per heavy atom. The Morgan fingerprint density at radius 1 is 1.08 bits per heavy atom. The molecule has 1 aliphatic carbocycles. The summed E-state index contributed by atoms with van der Waals surface area (Å²) in [6.45, 7) is 8.02. The molecule has 4 heterocycles. The first-order chi connectivity index (χ1) is 19.1. The van der Waals surface area contributed by atoms with Gasteiger partial charge in [0, 0.05) is 47.4 Å². The van der Waals surface area contributed by atoms with Gasteiger partial charge in [-0.3, -0.25) is 14.9 Å². The van der Waals surface area contributed by atoms with E-state index in [1.807, 2.05) is 18.3 Å². The highest BCUT2D eigenvalue weighted by atomic mass is 16.1. The lowest BCUT2D eigenvalue weighted by molar-refractivity contribution is -0.119. The molecule has 3 N–H and O–H groups in total. The third-order valence-corrected chi connectivity index (χ3v) is 8.08. The van der Waals surface area contributed by atoms with Crippen LogP contribution < -0.4 is 5.32 Å². The van der Waals surface area contributed by atoms with Crippen molar-refractivity contribution in [2.75, 3.05) is 18.4 Å². The first-order valence-electron chi connectivity index (χ1n) is 14.0. The normalized spacial score (nSPS) is 16.6. The molecule has 6 rings (SSSR count). The summed E-state index contributed by atoms with van der Waals surface area (Å²) in [5, 5.41) is 11.9. The molecular formula is C31H35N7O. The largest absolute Gasteiger partial charge is 0.371 e. The van der Waals surface area contributed by atoms with Crippen LogP contribution in [0.1, 0.15) is 57.4 Å². The Kier molecular flexibility index (Phi) is 7.00. The zero-order valence-corrected chi connectivity index (χ0v) is 22.5. The van der Waals surface area contributed by atoms with E-state index in [1.165, 1.54) is 25.0 Å². The molecule has 8 heteroatoms. The fourth-order valence-corrected chi connectivity index (χ4v) is 6.03. The highest BCUT2D eigenvalue weighted by molar-refractivity contribution is 5.97. The second kappa shape index (κ2) is 10.9. The Hall–Kier alpha value is -4.20. The molecule has 0 radical (unpaired) electrons. The van der Waals surface area contributed by atoms with E-state index in [0.29, 0.717) is 0 Å². The lowest BCUT2D eigenvalue weighted by atomic mass is 10.0. The number of hydrogen-bond donors (Lipinski definition) is 3. The lowest BCUT2D eigenvalue weighted by Gasteiger charge is -2.31. The van der Waals surface area contributed by atoms with Gasteiger partial charge >= 0.3 is 0 Å². The molecule has 0 spiro atoms. The summed E-state index contributed by atoms with van der Waals surface area (Å²) < 4.78 is 0. The van der Waals surface area contributed by atoms with Gasteiger partial charge in [0.2, 0.25) is 5.91 Å². The van der Waals surface area contributed by atoms with Crippen LogP contribution in [-0.2, 0) is 4.79 Å². The molecule has 2 aliphatic rings. The van der Waals surface area contributed by atoms with E-state index in [9.17, 15) is 4.79 Å². The maximum absolute atomic E-state index is 12.7. The van der Waals surface area contributed by atoms with Crippen LogP contribution in [0.3, 0.4) is 0 Å². The monoisotopic (exact) mass is 521 g/mol. The van der Waals surface area contributed by atoms with Gasteiger partial charge in [-0.25, -0.2) is 4.99 Å². The van der Waals surface area contributed by atoms with E-state index >= 15 is 0 Å². The number of benzene rings is 1. The third-order valence-electron chi connectivity index (χ3n) is 8.08. The number of likely N-dealkylation sites (tertiary alicyclic amines) is 1. The van der Waals surface area contributed by atoms with Crippen molar-refractivity contribution in [2.24, 2.45) is 10.9 Å². The first kappa shape index (κ1) is 25.1. The molecular weight excluding hydrogens is 486 g/mol. The van der Waals surface area contributed by atoms with E-state index in [4.69, 9.17) is 0 Å². The average molecular weight is 522 g/mol. The summed E-state index contributed by atoms with van der Waals surface area (Å²) in [6.07, 6.45) is 13.6. The van der Waals surface area contributed by atoms with Gasteiger partial charge in [-0.15, -0.1) is 0 Å². The molecule has 0 unspecified atom stereocenters. The molecule has 39 heavy (non-hydrogen) atoms. The van der Waals surface area contributed by atoms with Crippen molar-refractivity contribution in [3.05, 3.63) is 54.4 Å². The molecule has 4 aromatic rings. The molecule has 8 nitrogen and oxygen atoms in total. The third kappa shape index (κ3) is 4.99. The number of aromatic nitrogens is 4.